The van der Waals surface area contributed by atoms with Crippen LogP contribution in [-0.2, 0) is 6.54 Å². The fourth-order valence-electron chi connectivity index (χ4n) is 3.30. The lowest BCUT2D eigenvalue weighted by Gasteiger charge is -2.19. The van der Waals surface area contributed by atoms with Gasteiger partial charge in [-0.2, -0.15) is 19.0 Å². The van der Waals surface area contributed by atoms with Crippen molar-refractivity contribution < 1.29 is 18.3 Å². The van der Waals surface area contributed by atoms with E-state index in [1.807, 2.05) is 25.9 Å². The number of halogens is 3. The summed E-state index contributed by atoms with van der Waals surface area (Å²) in [4.78, 5) is 19.3. The lowest BCUT2D eigenvalue weighted by molar-refractivity contribution is -0.0494. The maximum absolute atomic E-state index is 13.1. The van der Waals surface area contributed by atoms with Crippen LogP contribution in [0.25, 0.3) is 16.9 Å². The van der Waals surface area contributed by atoms with E-state index < -0.39 is 12.5 Å². The lowest BCUT2D eigenvalue weighted by atomic mass is 10.1. The van der Waals surface area contributed by atoms with E-state index in [9.17, 15) is 13.6 Å². The molecule has 0 aliphatic heterocycles. The molecule has 34 heavy (non-hydrogen) atoms. The number of carbonyl (C=O) groups excluding carboxylic acids is 1. The zero-order valence-electron chi connectivity index (χ0n) is 18.6. The number of nitrogens with one attached hydrogen (secondary N) is 1. The fraction of sp³-hybridized carbons (Fsp3) is 0.273. The standard InChI is InChI=1S/C22H22ClF2N7O2/c1-13(30(2)3)11-31-12-17(28-21(33)16-10-27-32-8-4-7-26-20(16)32)19(29-31)15-9-14(23)5-6-18(15)34-22(24)25/h4-10,12-13,22H,11H2,1-3H3,(H,28,33). The molecule has 0 saturated heterocycles. The Balaban J connectivity index is 1.76. The quantitative estimate of drug-likeness (QED) is 0.401. The lowest BCUT2D eigenvalue weighted by Crippen LogP contribution is -2.29. The van der Waals surface area contributed by atoms with Crippen molar-refractivity contribution in [2.45, 2.75) is 26.1 Å². The van der Waals surface area contributed by atoms with Crippen LogP contribution in [0.1, 0.15) is 17.3 Å². The average molecular weight is 490 g/mol. The molecule has 3 aromatic heterocycles. The number of hydrogen-bond acceptors (Lipinski definition) is 6. The molecular weight excluding hydrogens is 468 g/mol. The van der Waals surface area contributed by atoms with E-state index in [0.29, 0.717) is 22.9 Å². The largest absolute Gasteiger partial charge is 0.434 e. The zero-order chi connectivity index (χ0) is 24.4. The Bertz CT molecular complexity index is 1320. The summed E-state index contributed by atoms with van der Waals surface area (Å²) >= 11 is 6.15. The molecule has 1 unspecified atom stereocenters. The Labute approximate surface area is 198 Å². The molecule has 0 radical (unpaired) electrons. The van der Waals surface area contributed by atoms with E-state index in [2.05, 4.69) is 25.2 Å². The molecule has 1 N–H and O–H groups in total. The Morgan fingerprint density at radius 2 is 2.12 bits per heavy atom. The van der Waals surface area contributed by atoms with Crippen LogP contribution in [0.3, 0.4) is 0 Å². The van der Waals surface area contributed by atoms with Gasteiger partial charge in [-0.3, -0.25) is 9.48 Å². The summed E-state index contributed by atoms with van der Waals surface area (Å²) in [5, 5.41) is 11.8. The number of amides is 1. The number of alkyl halides is 2. The van der Waals surface area contributed by atoms with Gasteiger partial charge in [0.25, 0.3) is 5.91 Å². The maximum atomic E-state index is 13.1. The summed E-state index contributed by atoms with van der Waals surface area (Å²) in [6.45, 7) is -0.548. The van der Waals surface area contributed by atoms with Gasteiger partial charge in [-0.05, 0) is 45.3 Å². The molecule has 0 aliphatic carbocycles. The predicted molar refractivity (Wildman–Crippen MR) is 123 cm³/mol. The summed E-state index contributed by atoms with van der Waals surface area (Å²) in [5.74, 6) is -0.591. The SMILES string of the molecule is CC(Cn1cc(NC(=O)c2cnn3cccnc23)c(-c2cc(Cl)ccc2OC(F)F)n1)N(C)C. The number of aromatic nitrogens is 5. The molecule has 3 heterocycles. The number of likely N-dealkylation sites (N-methyl/N-ethyl adjacent to an activating group) is 1. The maximum Gasteiger partial charge on any atom is 0.387 e. The third-order valence-electron chi connectivity index (χ3n) is 5.28. The summed E-state index contributed by atoms with van der Waals surface area (Å²) in [7, 11) is 3.86. The van der Waals surface area contributed by atoms with Crippen molar-refractivity contribution in [3.05, 3.63) is 59.6 Å². The van der Waals surface area contributed by atoms with Crippen molar-refractivity contribution in [3.8, 4) is 17.0 Å². The molecule has 4 aromatic rings. The van der Waals surface area contributed by atoms with Crippen LogP contribution < -0.4 is 10.1 Å². The van der Waals surface area contributed by atoms with Crippen molar-refractivity contribution in [2.24, 2.45) is 0 Å². The van der Waals surface area contributed by atoms with Gasteiger partial charge < -0.3 is 15.0 Å². The molecule has 1 aromatic carbocycles. The number of hydrogen-bond donors (Lipinski definition) is 1. The molecule has 178 valence electrons. The van der Waals surface area contributed by atoms with Crippen LogP contribution in [-0.4, -0.2) is 61.9 Å². The molecule has 0 fully saturated rings. The summed E-state index contributed by atoms with van der Waals surface area (Å²) < 4.78 is 33.9. The van der Waals surface area contributed by atoms with Crippen molar-refractivity contribution >= 4 is 28.8 Å². The monoisotopic (exact) mass is 489 g/mol. The summed E-state index contributed by atoms with van der Waals surface area (Å²) in [6, 6.07) is 6.05. The van der Waals surface area contributed by atoms with Crippen molar-refractivity contribution in [2.75, 3.05) is 19.4 Å². The first kappa shape index (κ1) is 23.6. The highest BCUT2D eigenvalue weighted by Gasteiger charge is 2.22. The van der Waals surface area contributed by atoms with E-state index in [-0.39, 0.29) is 28.6 Å². The number of ether oxygens (including phenoxy) is 1. The summed E-state index contributed by atoms with van der Waals surface area (Å²) in [6.07, 6.45) is 6.27. The Hall–Kier alpha value is -3.57. The third kappa shape index (κ3) is 5.00. The van der Waals surface area contributed by atoms with Crippen molar-refractivity contribution in [1.82, 2.24) is 29.3 Å². The number of fused-ring (bicyclic) bond motifs is 1. The molecular formula is C22H22ClF2N7O2. The summed E-state index contributed by atoms with van der Waals surface area (Å²) in [5.41, 5.74) is 1.38. The first-order valence-corrected chi connectivity index (χ1v) is 10.7. The second-order valence-electron chi connectivity index (χ2n) is 7.85. The van der Waals surface area contributed by atoms with Crippen LogP contribution in [0.5, 0.6) is 5.75 Å². The number of anilines is 1. The third-order valence-corrected chi connectivity index (χ3v) is 5.51. The Morgan fingerprint density at radius 1 is 1.32 bits per heavy atom. The van der Waals surface area contributed by atoms with Crippen LogP contribution >= 0.6 is 11.6 Å². The molecule has 9 nitrogen and oxygen atoms in total. The minimum atomic E-state index is -3.04. The van der Waals surface area contributed by atoms with Crippen molar-refractivity contribution in [3.63, 3.8) is 0 Å². The number of benzene rings is 1. The zero-order valence-corrected chi connectivity index (χ0v) is 19.4. The smallest absolute Gasteiger partial charge is 0.387 e. The number of carbonyl (C=O) groups is 1. The molecule has 0 bridgehead atoms. The highest BCUT2D eigenvalue weighted by Crippen LogP contribution is 2.37. The molecule has 12 heteroatoms. The Kier molecular flexibility index (Phi) is 6.75. The molecule has 1 amide bonds. The van der Waals surface area contributed by atoms with Gasteiger partial charge in [0.1, 0.15) is 17.0 Å². The highest BCUT2D eigenvalue weighted by molar-refractivity contribution is 6.31. The molecule has 0 saturated carbocycles. The predicted octanol–water partition coefficient (Wildman–Crippen LogP) is 4.05. The molecule has 4 rings (SSSR count). The second kappa shape index (κ2) is 9.74. The van der Waals surface area contributed by atoms with Gasteiger partial charge >= 0.3 is 6.61 Å². The Morgan fingerprint density at radius 3 is 2.85 bits per heavy atom. The van der Waals surface area contributed by atoms with Crippen LogP contribution in [0.15, 0.2) is 49.1 Å². The minimum Gasteiger partial charge on any atom is -0.434 e. The van der Waals surface area contributed by atoms with Crippen LogP contribution in [0, 0.1) is 0 Å². The number of rotatable bonds is 8. The van der Waals surface area contributed by atoms with E-state index in [1.165, 1.54) is 28.9 Å². The first-order valence-electron chi connectivity index (χ1n) is 10.3. The molecule has 1 atom stereocenters. The van der Waals surface area contributed by atoms with E-state index in [4.69, 9.17) is 11.6 Å². The average Bonchev–Trinajstić information content (AvgIpc) is 3.38. The van der Waals surface area contributed by atoms with Crippen molar-refractivity contribution in [1.29, 1.82) is 0 Å². The first-order chi connectivity index (χ1) is 16.2. The van der Waals surface area contributed by atoms with Gasteiger partial charge in [0.2, 0.25) is 0 Å². The van der Waals surface area contributed by atoms with Gasteiger partial charge in [0.05, 0.1) is 18.4 Å². The topological polar surface area (TPSA) is 89.6 Å². The fourth-order valence-corrected chi connectivity index (χ4v) is 3.47. The van der Waals surface area contributed by atoms with E-state index in [0.717, 1.165) is 0 Å². The van der Waals surface area contributed by atoms with Crippen LogP contribution in [0.2, 0.25) is 5.02 Å². The van der Waals surface area contributed by atoms with E-state index in [1.54, 1.807) is 29.3 Å². The van der Waals surface area contributed by atoms with Gasteiger partial charge in [-0.1, -0.05) is 11.6 Å². The van der Waals surface area contributed by atoms with Gasteiger partial charge in [-0.25, -0.2) is 9.50 Å². The molecule has 0 aliphatic rings. The normalized spacial score (nSPS) is 12.5. The highest BCUT2D eigenvalue weighted by atomic mass is 35.5. The van der Waals surface area contributed by atoms with Gasteiger partial charge in [0.15, 0.2) is 5.65 Å². The van der Waals surface area contributed by atoms with E-state index >= 15 is 0 Å². The number of nitrogens with zero attached hydrogens (tertiary/aromatic N) is 6. The van der Waals surface area contributed by atoms with Gasteiger partial charge in [-0.15, -0.1) is 0 Å². The molecule has 0 spiro atoms. The van der Waals surface area contributed by atoms with Crippen LogP contribution in [0.4, 0.5) is 14.5 Å². The minimum absolute atomic E-state index is 0.108. The second-order valence-corrected chi connectivity index (χ2v) is 8.28. The van der Waals surface area contributed by atoms with Gasteiger partial charge in [0, 0.05) is 35.2 Å².